The van der Waals surface area contributed by atoms with E-state index in [1.54, 1.807) is 12.1 Å². The van der Waals surface area contributed by atoms with Crippen molar-refractivity contribution < 1.29 is 14.0 Å². The quantitative estimate of drug-likeness (QED) is 0.840. The number of primary amides is 1. The van der Waals surface area contributed by atoms with Crippen LogP contribution in [0.5, 0.6) is 0 Å². The van der Waals surface area contributed by atoms with Gasteiger partial charge in [-0.25, -0.2) is 4.39 Å². The Kier molecular flexibility index (Phi) is 5.31. The largest absolute Gasteiger partial charge is 0.368 e. The van der Waals surface area contributed by atoms with Crippen LogP contribution in [0.25, 0.3) is 0 Å². The molecule has 114 valence electrons. The molecule has 0 bridgehead atoms. The Balaban J connectivity index is 1.90. The van der Waals surface area contributed by atoms with E-state index in [0.717, 1.165) is 18.4 Å². The van der Waals surface area contributed by atoms with Gasteiger partial charge in [0.15, 0.2) is 0 Å². The normalized spacial score (nSPS) is 16.6. The number of hydrogen-bond donors (Lipinski definition) is 2. The van der Waals surface area contributed by atoms with Crippen molar-refractivity contribution in [2.75, 3.05) is 0 Å². The zero-order valence-corrected chi connectivity index (χ0v) is 12.0. The summed E-state index contributed by atoms with van der Waals surface area (Å²) in [7, 11) is 0. The molecule has 21 heavy (non-hydrogen) atoms. The maximum Gasteiger partial charge on any atom is 0.240 e. The smallest absolute Gasteiger partial charge is 0.240 e. The van der Waals surface area contributed by atoms with Crippen LogP contribution >= 0.6 is 0 Å². The van der Waals surface area contributed by atoms with Crippen molar-refractivity contribution in [3.05, 3.63) is 35.6 Å². The molecule has 0 aromatic heterocycles. The molecule has 0 saturated heterocycles. The minimum atomic E-state index is -0.746. The van der Waals surface area contributed by atoms with E-state index in [9.17, 15) is 14.0 Å². The van der Waals surface area contributed by atoms with Crippen LogP contribution in [-0.4, -0.2) is 17.9 Å². The number of nitrogens with two attached hydrogens (primary N) is 1. The Bertz CT molecular complexity index is 496. The number of carbonyl (C=O) groups is 2. The summed E-state index contributed by atoms with van der Waals surface area (Å²) in [5.41, 5.74) is 6.11. The van der Waals surface area contributed by atoms with Crippen LogP contribution in [0.1, 0.15) is 37.7 Å². The van der Waals surface area contributed by atoms with E-state index in [1.807, 2.05) is 0 Å². The van der Waals surface area contributed by atoms with Gasteiger partial charge in [-0.2, -0.15) is 0 Å². The second-order valence-electron chi connectivity index (χ2n) is 5.71. The van der Waals surface area contributed by atoms with Gasteiger partial charge in [0.1, 0.15) is 11.9 Å². The summed E-state index contributed by atoms with van der Waals surface area (Å²) in [6.45, 7) is 0. The lowest BCUT2D eigenvalue weighted by Gasteiger charge is -2.17. The van der Waals surface area contributed by atoms with Gasteiger partial charge in [0.2, 0.25) is 11.8 Å². The number of nitrogens with one attached hydrogen (secondary N) is 1. The fraction of sp³-hybridized carbons (Fsp3) is 0.500. The Morgan fingerprint density at radius 2 is 1.86 bits per heavy atom. The number of amides is 2. The molecule has 0 radical (unpaired) electrons. The zero-order valence-electron chi connectivity index (χ0n) is 12.0. The van der Waals surface area contributed by atoms with Crippen molar-refractivity contribution >= 4 is 11.8 Å². The van der Waals surface area contributed by atoms with Crippen LogP contribution in [0.3, 0.4) is 0 Å². The molecule has 1 aliphatic carbocycles. The number of hydrogen-bond acceptors (Lipinski definition) is 2. The molecule has 3 N–H and O–H groups in total. The van der Waals surface area contributed by atoms with Crippen molar-refractivity contribution in [3.63, 3.8) is 0 Å². The molecule has 1 saturated carbocycles. The third-order valence-electron chi connectivity index (χ3n) is 3.98. The highest BCUT2D eigenvalue weighted by atomic mass is 19.1. The van der Waals surface area contributed by atoms with E-state index in [0.29, 0.717) is 12.3 Å². The molecule has 2 amide bonds. The molecule has 4 nitrogen and oxygen atoms in total. The SMILES string of the molecule is NC(=O)[C@@H](Cc1ccc(F)cc1)NC(=O)CC1CCCC1. The summed E-state index contributed by atoms with van der Waals surface area (Å²) in [4.78, 5) is 23.5. The highest BCUT2D eigenvalue weighted by Gasteiger charge is 2.22. The zero-order chi connectivity index (χ0) is 15.2. The van der Waals surface area contributed by atoms with E-state index in [4.69, 9.17) is 5.73 Å². The molecule has 1 fully saturated rings. The van der Waals surface area contributed by atoms with E-state index >= 15 is 0 Å². The Hall–Kier alpha value is -1.91. The summed E-state index contributed by atoms with van der Waals surface area (Å²) in [5, 5.41) is 2.70. The Labute approximate surface area is 123 Å². The number of carbonyl (C=O) groups excluding carboxylic acids is 2. The first-order valence-electron chi connectivity index (χ1n) is 7.37. The van der Waals surface area contributed by atoms with Gasteiger partial charge >= 0.3 is 0 Å². The van der Waals surface area contributed by atoms with Gasteiger partial charge in [0.25, 0.3) is 0 Å². The van der Waals surface area contributed by atoms with E-state index in [2.05, 4.69) is 5.32 Å². The highest BCUT2D eigenvalue weighted by Crippen LogP contribution is 2.27. The van der Waals surface area contributed by atoms with E-state index in [1.165, 1.54) is 25.0 Å². The molecule has 1 aromatic rings. The van der Waals surface area contributed by atoms with Gasteiger partial charge in [-0.1, -0.05) is 25.0 Å². The molecule has 2 rings (SSSR count). The first-order valence-corrected chi connectivity index (χ1v) is 7.37. The van der Waals surface area contributed by atoms with Gasteiger partial charge in [0, 0.05) is 12.8 Å². The van der Waals surface area contributed by atoms with Crippen molar-refractivity contribution in [2.45, 2.75) is 44.6 Å². The van der Waals surface area contributed by atoms with E-state index in [-0.39, 0.29) is 18.1 Å². The van der Waals surface area contributed by atoms with Crippen LogP contribution in [0.2, 0.25) is 0 Å². The molecular formula is C16H21FN2O2. The fourth-order valence-corrected chi connectivity index (χ4v) is 2.81. The summed E-state index contributed by atoms with van der Waals surface area (Å²) in [6, 6.07) is 5.09. The van der Waals surface area contributed by atoms with Crippen LogP contribution in [-0.2, 0) is 16.0 Å². The average molecular weight is 292 g/mol. The average Bonchev–Trinajstić information content (AvgIpc) is 2.93. The minimum Gasteiger partial charge on any atom is -0.368 e. The summed E-state index contributed by atoms with van der Waals surface area (Å²) in [5.74, 6) is -0.615. The molecular weight excluding hydrogens is 271 g/mol. The predicted octanol–water partition coefficient (Wildman–Crippen LogP) is 1.92. The second-order valence-corrected chi connectivity index (χ2v) is 5.71. The minimum absolute atomic E-state index is 0.132. The monoisotopic (exact) mass is 292 g/mol. The lowest BCUT2D eigenvalue weighted by molar-refractivity contribution is -0.127. The predicted molar refractivity (Wildman–Crippen MR) is 77.8 cm³/mol. The first-order chi connectivity index (χ1) is 10.0. The number of halogens is 1. The molecule has 1 aromatic carbocycles. The summed E-state index contributed by atoms with van der Waals surface area (Å²) < 4.78 is 12.9. The molecule has 1 aliphatic rings. The van der Waals surface area contributed by atoms with Crippen molar-refractivity contribution in [1.29, 1.82) is 0 Å². The third kappa shape index (κ3) is 4.85. The second kappa shape index (κ2) is 7.20. The molecule has 0 spiro atoms. The van der Waals surface area contributed by atoms with Gasteiger partial charge in [-0.05, 0) is 36.5 Å². The first kappa shape index (κ1) is 15.5. The maximum atomic E-state index is 12.9. The topological polar surface area (TPSA) is 72.2 Å². The van der Waals surface area contributed by atoms with Crippen molar-refractivity contribution in [1.82, 2.24) is 5.32 Å². The van der Waals surface area contributed by atoms with Gasteiger partial charge in [0.05, 0.1) is 0 Å². The van der Waals surface area contributed by atoms with Crippen molar-refractivity contribution in [2.24, 2.45) is 11.7 Å². The van der Waals surface area contributed by atoms with E-state index < -0.39 is 11.9 Å². The Morgan fingerprint density at radius 3 is 2.43 bits per heavy atom. The van der Waals surface area contributed by atoms with Gasteiger partial charge in [-0.3, -0.25) is 9.59 Å². The molecule has 0 heterocycles. The standard InChI is InChI=1S/C16H21FN2O2/c17-13-7-5-12(6-8-13)9-14(16(18)21)19-15(20)10-11-3-1-2-4-11/h5-8,11,14H,1-4,9-10H2,(H2,18,21)(H,19,20)/t14-/m1/s1. The van der Waals surface area contributed by atoms with Gasteiger partial charge in [-0.15, -0.1) is 0 Å². The van der Waals surface area contributed by atoms with Gasteiger partial charge < -0.3 is 11.1 Å². The van der Waals surface area contributed by atoms with Crippen molar-refractivity contribution in [3.8, 4) is 0 Å². The molecule has 5 heteroatoms. The lowest BCUT2D eigenvalue weighted by atomic mass is 10.0. The number of benzene rings is 1. The molecule has 0 unspecified atom stereocenters. The maximum absolute atomic E-state index is 12.9. The fourth-order valence-electron chi connectivity index (χ4n) is 2.81. The van der Waals surface area contributed by atoms with Crippen LogP contribution in [0, 0.1) is 11.7 Å². The highest BCUT2D eigenvalue weighted by molar-refractivity contribution is 5.86. The van der Waals surface area contributed by atoms with Crippen LogP contribution < -0.4 is 11.1 Å². The molecule has 1 atom stereocenters. The molecule has 0 aliphatic heterocycles. The third-order valence-corrected chi connectivity index (χ3v) is 3.98. The lowest BCUT2D eigenvalue weighted by Crippen LogP contribution is -2.46. The summed E-state index contributed by atoms with van der Waals surface area (Å²) >= 11 is 0. The summed E-state index contributed by atoms with van der Waals surface area (Å²) in [6.07, 6.45) is 5.23. The van der Waals surface area contributed by atoms with Crippen LogP contribution in [0.4, 0.5) is 4.39 Å². The number of rotatable bonds is 6. The Morgan fingerprint density at radius 1 is 1.24 bits per heavy atom. The van der Waals surface area contributed by atoms with Crippen LogP contribution in [0.15, 0.2) is 24.3 Å².